The van der Waals surface area contributed by atoms with Gasteiger partial charge in [-0.15, -0.1) is 0 Å². The van der Waals surface area contributed by atoms with E-state index in [-0.39, 0.29) is 37.1 Å². The van der Waals surface area contributed by atoms with Gasteiger partial charge in [-0.3, -0.25) is 19.3 Å². The number of likely N-dealkylation sites (tertiary alicyclic amines) is 1. The number of carbonyl (C=O) groups excluding carboxylic acids is 3. The van der Waals surface area contributed by atoms with Crippen LogP contribution in [0.1, 0.15) is 41.3 Å². The monoisotopic (exact) mass is 367 g/mol. The lowest BCUT2D eigenvalue weighted by molar-refractivity contribution is -0.139. The predicted molar refractivity (Wildman–Crippen MR) is 97.8 cm³/mol. The molecule has 140 valence electrons. The van der Waals surface area contributed by atoms with Crippen molar-refractivity contribution in [2.45, 2.75) is 32.9 Å². The van der Waals surface area contributed by atoms with Gasteiger partial charge in [0.2, 0.25) is 17.7 Å². The summed E-state index contributed by atoms with van der Waals surface area (Å²) >= 11 is 0. The second-order valence-electron chi connectivity index (χ2n) is 6.15. The molecule has 7 nitrogen and oxygen atoms in total. The van der Waals surface area contributed by atoms with Gasteiger partial charge < -0.3 is 10.1 Å². The molecule has 0 aliphatic carbocycles. The van der Waals surface area contributed by atoms with E-state index in [1.165, 1.54) is 4.90 Å². The Morgan fingerprint density at radius 2 is 1.85 bits per heavy atom. The van der Waals surface area contributed by atoms with Crippen LogP contribution in [0.2, 0.25) is 0 Å². The molecule has 1 fully saturated rings. The number of pyridine rings is 1. The van der Waals surface area contributed by atoms with Crippen molar-refractivity contribution in [3.63, 3.8) is 0 Å². The molecule has 0 radical (unpaired) electrons. The Labute approximate surface area is 157 Å². The fraction of sp³-hybridized carbons (Fsp3) is 0.300. The zero-order valence-corrected chi connectivity index (χ0v) is 15.1. The molecule has 1 aromatic carbocycles. The highest BCUT2D eigenvalue weighted by atomic mass is 16.5. The first-order valence-electron chi connectivity index (χ1n) is 8.85. The van der Waals surface area contributed by atoms with Crippen LogP contribution in [-0.4, -0.2) is 34.2 Å². The number of nitrogens with zero attached hydrogens (tertiary/aromatic N) is 2. The molecule has 0 spiro atoms. The summed E-state index contributed by atoms with van der Waals surface area (Å²) in [5.41, 5.74) is 2.11. The van der Waals surface area contributed by atoms with E-state index < -0.39 is 0 Å². The maximum Gasteiger partial charge on any atom is 0.251 e. The summed E-state index contributed by atoms with van der Waals surface area (Å²) in [6.45, 7) is 2.93. The number of imide groups is 1. The van der Waals surface area contributed by atoms with E-state index in [1.54, 1.807) is 36.5 Å². The Bertz CT molecular complexity index is 833. The number of hydrogen-bond acceptors (Lipinski definition) is 5. The van der Waals surface area contributed by atoms with Gasteiger partial charge in [-0.1, -0.05) is 18.2 Å². The quantitative estimate of drug-likeness (QED) is 0.757. The minimum Gasteiger partial charge on any atom is -0.478 e. The maximum atomic E-state index is 12.4. The van der Waals surface area contributed by atoms with E-state index in [1.807, 2.05) is 13.0 Å². The molecule has 1 aromatic heterocycles. The van der Waals surface area contributed by atoms with Crippen LogP contribution in [-0.2, 0) is 22.7 Å². The van der Waals surface area contributed by atoms with Crippen LogP contribution in [0.25, 0.3) is 0 Å². The second kappa shape index (κ2) is 8.44. The maximum absolute atomic E-state index is 12.4. The molecular weight excluding hydrogens is 346 g/mol. The Morgan fingerprint density at radius 3 is 2.52 bits per heavy atom. The SMILES string of the molecule is CCOc1ncccc1CNC(=O)c1ccc(CN2C(=O)CCC2=O)cc1. The van der Waals surface area contributed by atoms with E-state index >= 15 is 0 Å². The third-order valence-corrected chi connectivity index (χ3v) is 4.28. The number of amides is 3. The van der Waals surface area contributed by atoms with Crippen molar-refractivity contribution in [2.75, 3.05) is 6.61 Å². The van der Waals surface area contributed by atoms with Crippen molar-refractivity contribution in [1.82, 2.24) is 15.2 Å². The average molecular weight is 367 g/mol. The van der Waals surface area contributed by atoms with Crippen molar-refractivity contribution in [3.05, 3.63) is 59.3 Å². The van der Waals surface area contributed by atoms with Gasteiger partial charge in [-0.05, 0) is 30.7 Å². The van der Waals surface area contributed by atoms with Crippen LogP contribution < -0.4 is 10.1 Å². The van der Waals surface area contributed by atoms with Crippen LogP contribution in [0.15, 0.2) is 42.6 Å². The van der Waals surface area contributed by atoms with E-state index in [0.717, 1.165) is 11.1 Å². The molecule has 1 saturated heterocycles. The molecule has 0 bridgehead atoms. The molecule has 27 heavy (non-hydrogen) atoms. The van der Waals surface area contributed by atoms with Gasteiger partial charge in [0.15, 0.2) is 0 Å². The Hall–Kier alpha value is -3.22. The number of ether oxygens (including phenoxy) is 1. The molecule has 1 N–H and O–H groups in total. The molecule has 1 aliphatic heterocycles. The second-order valence-corrected chi connectivity index (χ2v) is 6.15. The Morgan fingerprint density at radius 1 is 1.15 bits per heavy atom. The van der Waals surface area contributed by atoms with E-state index in [4.69, 9.17) is 4.74 Å². The van der Waals surface area contributed by atoms with E-state index in [0.29, 0.717) is 24.6 Å². The molecule has 7 heteroatoms. The third-order valence-electron chi connectivity index (χ3n) is 4.28. The molecule has 2 heterocycles. The Kier molecular flexibility index (Phi) is 5.80. The van der Waals surface area contributed by atoms with Gasteiger partial charge in [0.25, 0.3) is 5.91 Å². The van der Waals surface area contributed by atoms with Gasteiger partial charge in [0, 0.05) is 36.7 Å². The lowest BCUT2D eigenvalue weighted by atomic mass is 10.1. The van der Waals surface area contributed by atoms with Gasteiger partial charge in [0.1, 0.15) is 0 Å². The zero-order valence-electron chi connectivity index (χ0n) is 15.1. The first-order chi connectivity index (χ1) is 13.1. The van der Waals surface area contributed by atoms with Crippen molar-refractivity contribution >= 4 is 17.7 Å². The molecule has 3 rings (SSSR count). The molecule has 0 unspecified atom stereocenters. The van der Waals surface area contributed by atoms with Gasteiger partial charge in [-0.25, -0.2) is 4.98 Å². The van der Waals surface area contributed by atoms with Crippen LogP contribution in [0.5, 0.6) is 5.88 Å². The van der Waals surface area contributed by atoms with Crippen molar-refractivity contribution in [1.29, 1.82) is 0 Å². The standard InChI is InChI=1S/C20H21N3O4/c1-2-27-20-16(4-3-11-21-20)12-22-19(26)15-7-5-14(6-8-15)13-23-17(24)9-10-18(23)25/h3-8,11H,2,9-10,12-13H2,1H3,(H,22,26). The highest BCUT2D eigenvalue weighted by molar-refractivity contribution is 6.01. The number of aromatic nitrogens is 1. The summed E-state index contributed by atoms with van der Waals surface area (Å²) in [6, 6.07) is 10.5. The summed E-state index contributed by atoms with van der Waals surface area (Å²) < 4.78 is 5.45. The van der Waals surface area contributed by atoms with Crippen LogP contribution in [0, 0.1) is 0 Å². The average Bonchev–Trinajstić information content (AvgIpc) is 3.00. The molecule has 3 amide bonds. The summed E-state index contributed by atoms with van der Waals surface area (Å²) in [7, 11) is 0. The summed E-state index contributed by atoms with van der Waals surface area (Å²) in [5.74, 6) is -0.0106. The fourth-order valence-electron chi connectivity index (χ4n) is 2.85. The highest BCUT2D eigenvalue weighted by Crippen LogP contribution is 2.17. The van der Waals surface area contributed by atoms with Gasteiger partial charge in [0.05, 0.1) is 13.2 Å². The lowest BCUT2D eigenvalue weighted by Crippen LogP contribution is -2.28. The van der Waals surface area contributed by atoms with Gasteiger partial charge in [-0.2, -0.15) is 0 Å². The number of carbonyl (C=O) groups is 3. The van der Waals surface area contributed by atoms with Crippen molar-refractivity contribution in [2.24, 2.45) is 0 Å². The molecule has 1 aliphatic rings. The summed E-state index contributed by atoms with van der Waals surface area (Å²) in [5, 5.41) is 2.84. The number of nitrogens with one attached hydrogen (secondary N) is 1. The minimum atomic E-state index is -0.221. The lowest BCUT2D eigenvalue weighted by Gasteiger charge is -2.14. The fourth-order valence-corrected chi connectivity index (χ4v) is 2.85. The topological polar surface area (TPSA) is 88.6 Å². The largest absolute Gasteiger partial charge is 0.478 e. The molecular formula is C20H21N3O4. The van der Waals surface area contributed by atoms with Crippen molar-refractivity contribution < 1.29 is 19.1 Å². The number of rotatable bonds is 7. The first-order valence-corrected chi connectivity index (χ1v) is 8.85. The normalized spacial score (nSPS) is 13.7. The van der Waals surface area contributed by atoms with Crippen LogP contribution in [0.3, 0.4) is 0 Å². The first kappa shape index (κ1) is 18.6. The predicted octanol–water partition coefficient (Wildman–Crippen LogP) is 2.06. The van der Waals surface area contributed by atoms with Gasteiger partial charge >= 0.3 is 0 Å². The van der Waals surface area contributed by atoms with E-state index in [9.17, 15) is 14.4 Å². The summed E-state index contributed by atoms with van der Waals surface area (Å²) in [4.78, 5) is 41.1. The number of hydrogen-bond donors (Lipinski definition) is 1. The third kappa shape index (κ3) is 4.49. The van der Waals surface area contributed by atoms with Crippen LogP contribution in [0.4, 0.5) is 0 Å². The number of benzene rings is 1. The van der Waals surface area contributed by atoms with Crippen LogP contribution >= 0.6 is 0 Å². The minimum absolute atomic E-state index is 0.150. The highest BCUT2D eigenvalue weighted by Gasteiger charge is 2.28. The molecule has 0 atom stereocenters. The molecule has 2 aromatic rings. The summed E-state index contributed by atoms with van der Waals surface area (Å²) in [6.07, 6.45) is 2.19. The van der Waals surface area contributed by atoms with E-state index in [2.05, 4.69) is 10.3 Å². The van der Waals surface area contributed by atoms with Crippen molar-refractivity contribution in [3.8, 4) is 5.88 Å². The smallest absolute Gasteiger partial charge is 0.251 e. The Balaban J connectivity index is 1.59. The zero-order chi connectivity index (χ0) is 19.2. The molecule has 0 saturated carbocycles.